The summed E-state index contributed by atoms with van der Waals surface area (Å²) in [6, 6.07) is 5.92. The van der Waals surface area contributed by atoms with E-state index in [9.17, 15) is 19.5 Å². The molecule has 1 atom stereocenters. The van der Waals surface area contributed by atoms with Crippen LogP contribution >= 0.6 is 0 Å². The van der Waals surface area contributed by atoms with E-state index in [0.717, 1.165) is 4.90 Å². The predicted octanol–water partition coefficient (Wildman–Crippen LogP) is 1.92. The molecule has 2 N–H and O–H groups in total. The second kappa shape index (κ2) is 8.02. The molecule has 22 heavy (non-hydrogen) atoms. The van der Waals surface area contributed by atoms with Crippen LogP contribution in [0, 0.1) is 0 Å². The third-order valence-corrected chi connectivity index (χ3v) is 2.95. The monoisotopic (exact) mass is 307 g/mol. The number of rotatable bonds is 5. The number of amides is 4. The van der Waals surface area contributed by atoms with Crippen LogP contribution in [0.2, 0.25) is 0 Å². The van der Waals surface area contributed by atoms with Gasteiger partial charge in [0.1, 0.15) is 0 Å². The normalized spacial score (nSPS) is 11.4. The van der Waals surface area contributed by atoms with Crippen LogP contribution in [-0.2, 0) is 4.79 Å². The molecule has 0 spiro atoms. The molecule has 0 aliphatic carbocycles. The largest absolute Gasteiger partial charge is 0.479 e. The van der Waals surface area contributed by atoms with Crippen LogP contribution in [0.25, 0.3) is 0 Å². The van der Waals surface area contributed by atoms with Gasteiger partial charge in [-0.25, -0.2) is 19.3 Å². The molecule has 0 aliphatic heterocycles. The lowest BCUT2D eigenvalue weighted by Gasteiger charge is -2.26. The summed E-state index contributed by atoms with van der Waals surface area (Å²) in [5, 5.41) is 11.7. The molecule has 0 saturated heterocycles. The number of aliphatic carboxylic acids is 1. The van der Waals surface area contributed by atoms with Gasteiger partial charge in [-0.1, -0.05) is 37.3 Å². The number of carbonyl (C=O) groups is 3. The van der Waals surface area contributed by atoms with E-state index in [1.54, 1.807) is 30.3 Å². The zero-order chi connectivity index (χ0) is 16.7. The fourth-order valence-electron chi connectivity index (χ4n) is 1.88. The van der Waals surface area contributed by atoms with Gasteiger partial charge in [-0.15, -0.1) is 0 Å². The van der Waals surface area contributed by atoms with Crippen molar-refractivity contribution in [2.45, 2.75) is 19.4 Å². The Balaban J connectivity index is 2.94. The Bertz CT molecular complexity index is 531. The average molecular weight is 307 g/mol. The van der Waals surface area contributed by atoms with Crippen molar-refractivity contribution in [2.75, 3.05) is 20.6 Å². The van der Waals surface area contributed by atoms with Crippen molar-refractivity contribution in [2.24, 2.45) is 0 Å². The van der Waals surface area contributed by atoms with Crippen molar-refractivity contribution < 1.29 is 19.5 Å². The first-order chi connectivity index (χ1) is 10.4. The van der Waals surface area contributed by atoms with Crippen molar-refractivity contribution in [3.05, 3.63) is 35.9 Å². The molecule has 4 amide bonds. The number of nitrogens with one attached hydrogen (secondary N) is 1. The fourth-order valence-corrected chi connectivity index (χ4v) is 1.88. The smallest absolute Gasteiger partial charge is 0.330 e. The zero-order valence-corrected chi connectivity index (χ0v) is 12.9. The first kappa shape index (κ1) is 17.5. The minimum absolute atomic E-state index is 0.212. The maximum Gasteiger partial charge on any atom is 0.330 e. The van der Waals surface area contributed by atoms with E-state index in [2.05, 4.69) is 5.32 Å². The topological polar surface area (TPSA) is 90.0 Å². The lowest BCUT2D eigenvalue weighted by atomic mass is 10.1. The maximum atomic E-state index is 12.3. The van der Waals surface area contributed by atoms with Crippen LogP contribution in [0.4, 0.5) is 9.59 Å². The summed E-state index contributed by atoms with van der Waals surface area (Å²) < 4.78 is 0. The number of imide groups is 1. The van der Waals surface area contributed by atoms with Gasteiger partial charge in [-0.3, -0.25) is 0 Å². The van der Waals surface area contributed by atoms with E-state index in [4.69, 9.17) is 0 Å². The number of carboxylic acid groups (broad SMARTS) is 1. The molecular weight excluding hydrogens is 286 g/mol. The van der Waals surface area contributed by atoms with Gasteiger partial charge in [0.15, 0.2) is 6.04 Å². The highest BCUT2D eigenvalue weighted by Crippen LogP contribution is 2.13. The van der Waals surface area contributed by atoms with Gasteiger partial charge in [0, 0.05) is 20.6 Å². The molecule has 0 heterocycles. The molecule has 0 radical (unpaired) electrons. The van der Waals surface area contributed by atoms with Crippen molar-refractivity contribution in [3.63, 3.8) is 0 Å². The molecule has 1 unspecified atom stereocenters. The Morgan fingerprint density at radius 2 is 1.77 bits per heavy atom. The van der Waals surface area contributed by atoms with E-state index in [-0.39, 0.29) is 6.54 Å². The summed E-state index contributed by atoms with van der Waals surface area (Å²) in [7, 11) is 3.06. The van der Waals surface area contributed by atoms with E-state index >= 15 is 0 Å². The standard InChI is InChI=1S/C15H21N3O4/c1-4-10-18(15(22)17(2)3)14(21)16-12(13(19)20)11-8-6-5-7-9-11/h5-9,12H,4,10H2,1-3H3,(H,16,21)(H,19,20). The third-order valence-electron chi connectivity index (χ3n) is 2.95. The Kier molecular flexibility index (Phi) is 6.37. The van der Waals surface area contributed by atoms with Gasteiger partial charge < -0.3 is 15.3 Å². The molecule has 0 fully saturated rings. The predicted molar refractivity (Wildman–Crippen MR) is 81.4 cm³/mol. The van der Waals surface area contributed by atoms with Crippen LogP contribution in [0.1, 0.15) is 24.9 Å². The third kappa shape index (κ3) is 4.47. The molecule has 0 aromatic heterocycles. The quantitative estimate of drug-likeness (QED) is 0.869. The van der Waals surface area contributed by atoms with E-state index < -0.39 is 24.1 Å². The molecule has 1 aromatic carbocycles. The number of carbonyl (C=O) groups excluding carboxylic acids is 2. The van der Waals surface area contributed by atoms with Crippen LogP contribution in [0.3, 0.4) is 0 Å². The summed E-state index contributed by atoms with van der Waals surface area (Å²) in [5.74, 6) is -1.19. The van der Waals surface area contributed by atoms with Gasteiger partial charge in [-0.2, -0.15) is 0 Å². The van der Waals surface area contributed by atoms with E-state index in [1.807, 2.05) is 6.92 Å². The van der Waals surface area contributed by atoms with Gasteiger partial charge in [0.05, 0.1) is 0 Å². The number of benzene rings is 1. The first-order valence-electron chi connectivity index (χ1n) is 6.95. The van der Waals surface area contributed by atoms with Crippen LogP contribution in [0.15, 0.2) is 30.3 Å². The van der Waals surface area contributed by atoms with Gasteiger partial charge in [0.25, 0.3) is 0 Å². The summed E-state index contributed by atoms with van der Waals surface area (Å²) >= 11 is 0. The zero-order valence-electron chi connectivity index (χ0n) is 12.9. The Morgan fingerprint density at radius 3 is 2.23 bits per heavy atom. The highest BCUT2D eigenvalue weighted by Gasteiger charge is 2.28. The Hall–Kier alpha value is -2.57. The molecule has 0 aliphatic rings. The molecular formula is C15H21N3O4. The highest BCUT2D eigenvalue weighted by molar-refractivity contribution is 5.95. The number of carboxylic acids is 1. The van der Waals surface area contributed by atoms with Crippen molar-refractivity contribution in [1.29, 1.82) is 0 Å². The van der Waals surface area contributed by atoms with Gasteiger partial charge in [0.2, 0.25) is 0 Å². The minimum Gasteiger partial charge on any atom is -0.479 e. The SMILES string of the molecule is CCCN(C(=O)NC(C(=O)O)c1ccccc1)C(=O)N(C)C. The summed E-state index contributed by atoms with van der Waals surface area (Å²) in [4.78, 5) is 37.9. The number of hydrogen-bond acceptors (Lipinski definition) is 3. The molecule has 7 nitrogen and oxygen atoms in total. The fraction of sp³-hybridized carbons (Fsp3) is 0.400. The Labute approximate surface area is 129 Å². The van der Waals surface area contributed by atoms with Crippen LogP contribution in [0.5, 0.6) is 0 Å². The van der Waals surface area contributed by atoms with E-state index in [1.165, 1.54) is 19.0 Å². The molecule has 1 aromatic rings. The van der Waals surface area contributed by atoms with Crippen molar-refractivity contribution >= 4 is 18.0 Å². The van der Waals surface area contributed by atoms with E-state index in [0.29, 0.717) is 12.0 Å². The molecule has 120 valence electrons. The lowest BCUT2D eigenvalue weighted by Crippen LogP contribution is -2.50. The highest BCUT2D eigenvalue weighted by atomic mass is 16.4. The van der Waals surface area contributed by atoms with Gasteiger partial charge >= 0.3 is 18.0 Å². The summed E-state index contributed by atoms with van der Waals surface area (Å²) in [6.07, 6.45) is 0.579. The van der Waals surface area contributed by atoms with Gasteiger partial charge in [-0.05, 0) is 12.0 Å². The second-order valence-electron chi connectivity index (χ2n) is 4.96. The molecule has 7 heteroatoms. The average Bonchev–Trinajstić information content (AvgIpc) is 2.49. The van der Waals surface area contributed by atoms with Crippen molar-refractivity contribution in [1.82, 2.24) is 15.1 Å². The Morgan fingerprint density at radius 1 is 1.18 bits per heavy atom. The van der Waals surface area contributed by atoms with Crippen LogP contribution < -0.4 is 5.32 Å². The number of nitrogens with zero attached hydrogens (tertiary/aromatic N) is 2. The van der Waals surface area contributed by atoms with Crippen molar-refractivity contribution in [3.8, 4) is 0 Å². The summed E-state index contributed by atoms with van der Waals surface area (Å²) in [6.45, 7) is 2.04. The number of urea groups is 2. The second-order valence-corrected chi connectivity index (χ2v) is 4.96. The van der Waals surface area contributed by atoms with Crippen LogP contribution in [-0.4, -0.2) is 53.6 Å². The number of hydrogen-bond donors (Lipinski definition) is 2. The first-order valence-corrected chi connectivity index (χ1v) is 6.95. The minimum atomic E-state index is -1.21. The molecule has 0 bridgehead atoms. The maximum absolute atomic E-state index is 12.3. The lowest BCUT2D eigenvalue weighted by molar-refractivity contribution is -0.139. The molecule has 1 rings (SSSR count). The summed E-state index contributed by atoms with van der Waals surface area (Å²) in [5.41, 5.74) is 0.442. The molecule has 0 saturated carbocycles.